The maximum absolute atomic E-state index is 12.4. The highest BCUT2D eigenvalue weighted by Crippen LogP contribution is 2.31. The summed E-state index contributed by atoms with van der Waals surface area (Å²) < 4.78 is 3.73. The van der Waals surface area contributed by atoms with Gasteiger partial charge < -0.3 is 14.8 Å². The number of nitrogens with zero attached hydrogens (tertiary/aromatic N) is 2. The number of aromatic nitrogens is 1. The molecule has 2 rings (SSSR count). The largest absolute Gasteiger partial charge is 0.351 e. The summed E-state index contributed by atoms with van der Waals surface area (Å²) in [5.41, 5.74) is 1.72. The van der Waals surface area contributed by atoms with Crippen molar-refractivity contribution in [2.24, 2.45) is 7.05 Å². The maximum Gasteiger partial charge on any atom is 0.267 e. The molecule has 1 N–H and O–H groups in total. The van der Waals surface area contributed by atoms with Gasteiger partial charge in [0, 0.05) is 13.6 Å². The van der Waals surface area contributed by atoms with Crippen LogP contribution in [0.15, 0.2) is 12.1 Å². The molecule has 2 heterocycles. The highest BCUT2D eigenvalue weighted by molar-refractivity contribution is 7.22. The molecular weight excluding hydrogens is 354 g/mol. The third kappa shape index (κ3) is 5.73. The van der Waals surface area contributed by atoms with Gasteiger partial charge in [0.05, 0.1) is 14.6 Å². The van der Waals surface area contributed by atoms with Gasteiger partial charge in [0.25, 0.3) is 5.91 Å². The fourth-order valence-electron chi connectivity index (χ4n) is 2.99. The number of unbranched alkanes of at least 4 members (excludes halogenated alkanes) is 2. The number of nitrogens with one attached hydrogen (secondary N) is 1. The zero-order chi connectivity index (χ0) is 18.2. The number of hydrogen-bond acceptors (Lipinski definition) is 3. The van der Waals surface area contributed by atoms with E-state index in [4.69, 9.17) is 11.6 Å². The monoisotopic (exact) mass is 383 g/mol. The van der Waals surface area contributed by atoms with E-state index in [9.17, 15) is 4.79 Å². The molecule has 140 valence electrons. The Morgan fingerprint density at radius 3 is 2.40 bits per heavy atom. The van der Waals surface area contributed by atoms with Crippen molar-refractivity contribution in [1.82, 2.24) is 14.8 Å². The first-order valence-corrected chi connectivity index (χ1v) is 10.5. The van der Waals surface area contributed by atoms with Gasteiger partial charge in [0.1, 0.15) is 5.69 Å². The molecule has 25 heavy (non-hydrogen) atoms. The fourth-order valence-corrected chi connectivity index (χ4v) is 4.20. The van der Waals surface area contributed by atoms with Gasteiger partial charge in [0.2, 0.25) is 0 Å². The minimum Gasteiger partial charge on any atom is -0.351 e. The number of fused-ring (bicyclic) bond motifs is 1. The first-order valence-electron chi connectivity index (χ1n) is 9.32. The van der Waals surface area contributed by atoms with Crippen LogP contribution in [0.25, 0.3) is 10.2 Å². The van der Waals surface area contributed by atoms with E-state index >= 15 is 0 Å². The number of amides is 1. The lowest BCUT2D eigenvalue weighted by Crippen LogP contribution is -2.32. The second-order valence-corrected chi connectivity index (χ2v) is 8.26. The molecule has 0 aromatic carbocycles. The normalized spacial score (nSPS) is 11.6. The number of thiophene rings is 1. The molecule has 1 amide bonds. The SMILES string of the molecule is CCCCN(CCCC)CCCNC(=O)c1cc2sc(Cl)cc2n1C. The Hall–Kier alpha value is -1.04. The Morgan fingerprint density at radius 2 is 1.80 bits per heavy atom. The molecule has 0 unspecified atom stereocenters. The van der Waals surface area contributed by atoms with E-state index in [1.165, 1.54) is 50.1 Å². The molecule has 0 saturated heterocycles. The van der Waals surface area contributed by atoms with Crippen LogP contribution < -0.4 is 5.32 Å². The third-order valence-electron chi connectivity index (χ3n) is 4.53. The zero-order valence-corrected chi connectivity index (χ0v) is 17.2. The summed E-state index contributed by atoms with van der Waals surface area (Å²) in [4.78, 5) is 15.0. The first kappa shape index (κ1) is 20.3. The summed E-state index contributed by atoms with van der Waals surface area (Å²) >= 11 is 7.54. The van der Waals surface area contributed by atoms with E-state index in [0.29, 0.717) is 12.2 Å². The Morgan fingerprint density at radius 1 is 1.16 bits per heavy atom. The standard InChI is InChI=1S/C19H30ClN3OS/c1-4-6-10-23(11-7-5-2)12-8-9-21-19(24)16-13-17-15(22(16)3)14-18(20)25-17/h13-14H,4-12H2,1-3H3,(H,21,24). The van der Waals surface area contributed by atoms with Crippen LogP contribution >= 0.6 is 22.9 Å². The van der Waals surface area contributed by atoms with Crippen LogP contribution in [0.5, 0.6) is 0 Å². The molecule has 0 aliphatic carbocycles. The van der Waals surface area contributed by atoms with Crippen LogP contribution in [0.4, 0.5) is 0 Å². The van der Waals surface area contributed by atoms with E-state index < -0.39 is 0 Å². The van der Waals surface area contributed by atoms with Gasteiger partial charge in [-0.1, -0.05) is 38.3 Å². The number of aryl methyl sites for hydroxylation is 1. The third-order valence-corrected chi connectivity index (χ3v) is 5.73. The van der Waals surface area contributed by atoms with E-state index in [1.807, 2.05) is 23.7 Å². The van der Waals surface area contributed by atoms with Crippen LogP contribution in [-0.4, -0.2) is 41.6 Å². The highest BCUT2D eigenvalue weighted by Gasteiger charge is 2.15. The molecule has 2 aromatic rings. The molecule has 4 nitrogen and oxygen atoms in total. The van der Waals surface area contributed by atoms with Gasteiger partial charge in [-0.3, -0.25) is 4.79 Å². The van der Waals surface area contributed by atoms with E-state index in [0.717, 1.165) is 27.5 Å². The molecule has 0 aliphatic rings. The van der Waals surface area contributed by atoms with E-state index in [2.05, 4.69) is 24.1 Å². The van der Waals surface area contributed by atoms with Gasteiger partial charge >= 0.3 is 0 Å². The predicted molar refractivity (Wildman–Crippen MR) is 109 cm³/mol. The smallest absolute Gasteiger partial charge is 0.267 e. The van der Waals surface area contributed by atoms with E-state index in [1.54, 1.807) is 0 Å². The Labute approximate surface area is 160 Å². The van der Waals surface area contributed by atoms with Gasteiger partial charge in [-0.05, 0) is 51.0 Å². The summed E-state index contributed by atoms with van der Waals surface area (Å²) in [7, 11) is 1.91. The molecule has 0 aliphatic heterocycles. The molecule has 6 heteroatoms. The fraction of sp³-hybridized carbons (Fsp3) is 0.632. The number of rotatable bonds is 11. The van der Waals surface area contributed by atoms with Crippen LogP contribution in [0.2, 0.25) is 4.34 Å². The average molecular weight is 384 g/mol. The van der Waals surface area contributed by atoms with Crippen molar-refractivity contribution in [3.63, 3.8) is 0 Å². The van der Waals surface area contributed by atoms with Gasteiger partial charge in [-0.25, -0.2) is 0 Å². The quantitative estimate of drug-likeness (QED) is 0.559. The summed E-state index contributed by atoms with van der Waals surface area (Å²) in [6, 6.07) is 3.84. The number of carbonyl (C=O) groups is 1. The highest BCUT2D eigenvalue weighted by atomic mass is 35.5. The van der Waals surface area contributed by atoms with Crippen LogP contribution in [0.3, 0.4) is 0 Å². The van der Waals surface area contributed by atoms with Gasteiger partial charge in [-0.15, -0.1) is 11.3 Å². The van der Waals surface area contributed by atoms with Crippen molar-refractivity contribution in [2.45, 2.75) is 46.0 Å². The number of halogens is 1. The van der Waals surface area contributed by atoms with Crippen molar-refractivity contribution in [1.29, 1.82) is 0 Å². The molecule has 0 bridgehead atoms. The predicted octanol–water partition coefficient (Wildman–Crippen LogP) is 4.92. The number of hydrogen-bond donors (Lipinski definition) is 1. The molecule has 0 spiro atoms. The van der Waals surface area contributed by atoms with Crippen molar-refractivity contribution >= 4 is 39.1 Å². The lowest BCUT2D eigenvalue weighted by Gasteiger charge is -2.21. The summed E-state index contributed by atoms with van der Waals surface area (Å²) in [5.74, 6) is -0.00399. The second-order valence-electron chi connectivity index (χ2n) is 6.55. The Kier molecular flexibility index (Phi) is 8.27. The van der Waals surface area contributed by atoms with Crippen LogP contribution in [0.1, 0.15) is 56.4 Å². The van der Waals surface area contributed by atoms with Crippen molar-refractivity contribution in [3.05, 3.63) is 22.2 Å². The Bertz CT molecular complexity index is 672. The second kappa shape index (κ2) is 10.2. The van der Waals surface area contributed by atoms with Gasteiger partial charge in [-0.2, -0.15) is 0 Å². The lowest BCUT2D eigenvalue weighted by molar-refractivity contribution is 0.0944. The van der Waals surface area contributed by atoms with E-state index in [-0.39, 0.29) is 5.91 Å². The topological polar surface area (TPSA) is 37.3 Å². The van der Waals surface area contributed by atoms with Crippen molar-refractivity contribution in [3.8, 4) is 0 Å². The zero-order valence-electron chi connectivity index (χ0n) is 15.6. The molecule has 0 radical (unpaired) electrons. The van der Waals surface area contributed by atoms with Crippen LogP contribution in [-0.2, 0) is 7.05 Å². The maximum atomic E-state index is 12.4. The van der Waals surface area contributed by atoms with Crippen molar-refractivity contribution < 1.29 is 4.79 Å². The number of carbonyl (C=O) groups excluding carboxylic acids is 1. The molecular formula is C19H30ClN3OS. The summed E-state index contributed by atoms with van der Waals surface area (Å²) in [6.07, 6.45) is 5.95. The minimum atomic E-state index is -0.00399. The molecule has 0 saturated carbocycles. The molecule has 0 fully saturated rings. The van der Waals surface area contributed by atoms with Crippen LogP contribution in [0, 0.1) is 0 Å². The lowest BCUT2D eigenvalue weighted by atomic mass is 10.2. The minimum absolute atomic E-state index is 0.00399. The average Bonchev–Trinajstić information content (AvgIpc) is 3.10. The summed E-state index contributed by atoms with van der Waals surface area (Å²) in [5, 5.41) is 3.06. The van der Waals surface area contributed by atoms with Crippen molar-refractivity contribution in [2.75, 3.05) is 26.2 Å². The van der Waals surface area contributed by atoms with Gasteiger partial charge in [0.15, 0.2) is 0 Å². The Balaban J connectivity index is 1.80. The summed E-state index contributed by atoms with van der Waals surface area (Å²) in [6.45, 7) is 8.57. The molecule has 0 atom stereocenters. The first-order chi connectivity index (χ1) is 12.1. The molecule has 2 aromatic heterocycles.